The molecule has 6 nitrogen and oxygen atoms in total. The van der Waals surface area contributed by atoms with Gasteiger partial charge in [-0.2, -0.15) is 0 Å². The lowest BCUT2D eigenvalue weighted by molar-refractivity contribution is -0.122. The number of amides is 2. The van der Waals surface area contributed by atoms with E-state index in [1.807, 2.05) is 37.3 Å². The van der Waals surface area contributed by atoms with Gasteiger partial charge in [0.25, 0.3) is 0 Å². The third-order valence-corrected chi connectivity index (χ3v) is 4.49. The molecule has 1 aliphatic rings. The van der Waals surface area contributed by atoms with Crippen LogP contribution in [0.25, 0.3) is 0 Å². The first kappa shape index (κ1) is 17.8. The van der Waals surface area contributed by atoms with Gasteiger partial charge in [-0.05, 0) is 48.9 Å². The number of anilines is 2. The predicted molar refractivity (Wildman–Crippen MR) is 99.8 cm³/mol. The highest BCUT2D eigenvalue weighted by molar-refractivity contribution is 6.04. The van der Waals surface area contributed by atoms with E-state index in [1.165, 1.54) is 0 Å². The molecule has 0 spiro atoms. The fourth-order valence-electron chi connectivity index (χ4n) is 3.05. The Kier molecular flexibility index (Phi) is 5.11. The van der Waals surface area contributed by atoms with E-state index in [0.29, 0.717) is 18.0 Å². The van der Waals surface area contributed by atoms with Crippen molar-refractivity contribution in [2.45, 2.75) is 13.3 Å². The van der Waals surface area contributed by atoms with Crippen LogP contribution in [0.1, 0.15) is 12.0 Å². The van der Waals surface area contributed by atoms with Gasteiger partial charge in [-0.1, -0.05) is 6.07 Å². The van der Waals surface area contributed by atoms with Crippen LogP contribution in [-0.4, -0.2) is 32.6 Å². The van der Waals surface area contributed by atoms with Crippen molar-refractivity contribution in [3.8, 4) is 11.5 Å². The quantitative estimate of drug-likeness (QED) is 0.896. The number of nitrogens with one attached hydrogen (secondary N) is 1. The molecule has 136 valence electrons. The zero-order valence-electron chi connectivity index (χ0n) is 15.1. The van der Waals surface area contributed by atoms with E-state index in [2.05, 4.69) is 5.32 Å². The lowest BCUT2D eigenvalue weighted by Crippen LogP contribution is -2.28. The highest BCUT2D eigenvalue weighted by atomic mass is 16.5. The van der Waals surface area contributed by atoms with Crippen LogP contribution >= 0.6 is 0 Å². The largest absolute Gasteiger partial charge is 0.497 e. The Morgan fingerprint density at radius 3 is 2.50 bits per heavy atom. The topological polar surface area (TPSA) is 67.9 Å². The van der Waals surface area contributed by atoms with E-state index in [0.717, 1.165) is 17.0 Å². The molecule has 0 unspecified atom stereocenters. The Bertz CT molecular complexity index is 817. The fraction of sp³-hybridized carbons (Fsp3) is 0.300. The molecular weight excluding hydrogens is 332 g/mol. The van der Waals surface area contributed by atoms with Gasteiger partial charge in [-0.15, -0.1) is 0 Å². The molecule has 26 heavy (non-hydrogen) atoms. The summed E-state index contributed by atoms with van der Waals surface area (Å²) < 4.78 is 10.4. The molecule has 2 aromatic rings. The number of carbonyl (C=O) groups is 2. The van der Waals surface area contributed by atoms with Crippen LogP contribution in [0.4, 0.5) is 11.4 Å². The number of methoxy groups -OCH3 is 2. The summed E-state index contributed by atoms with van der Waals surface area (Å²) in [6, 6.07) is 12.8. The van der Waals surface area contributed by atoms with Crippen molar-refractivity contribution in [1.29, 1.82) is 0 Å². The molecule has 2 amide bonds. The van der Waals surface area contributed by atoms with Crippen LogP contribution in [0, 0.1) is 12.8 Å². The van der Waals surface area contributed by atoms with Gasteiger partial charge in [-0.25, -0.2) is 0 Å². The van der Waals surface area contributed by atoms with Crippen molar-refractivity contribution in [3.05, 3.63) is 48.0 Å². The lowest BCUT2D eigenvalue weighted by atomic mass is 10.1. The first-order chi connectivity index (χ1) is 12.5. The summed E-state index contributed by atoms with van der Waals surface area (Å²) in [5.41, 5.74) is 2.40. The third kappa shape index (κ3) is 3.64. The zero-order valence-corrected chi connectivity index (χ0v) is 15.1. The van der Waals surface area contributed by atoms with Crippen molar-refractivity contribution in [2.75, 3.05) is 31.0 Å². The maximum atomic E-state index is 12.7. The molecule has 0 aromatic heterocycles. The average Bonchev–Trinajstić information content (AvgIpc) is 3.04. The number of rotatable bonds is 5. The van der Waals surface area contributed by atoms with Gasteiger partial charge in [0, 0.05) is 18.7 Å². The Hall–Kier alpha value is -3.02. The molecule has 1 heterocycles. The molecule has 1 atom stereocenters. The van der Waals surface area contributed by atoms with Crippen molar-refractivity contribution in [1.82, 2.24) is 0 Å². The summed E-state index contributed by atoms with van der Waals surface area (Å²) in [6.45, 7) is 2.30. The highest BCUT2D eigenvalue weighted by Gasteiger charge is 2.35. The second kappa shape index (κ2) is 7.47. The van der Waals surface area contributed by atoms with Crippen LogP contribution in [-0.2, 0) is 9.59 Å². The minimum absolute atomic E-state index is 0.0634. The molecule has 0 saturated carbocycles. The van der Waals surface area contributed by atoms with E-state index in [-0.39, 0.29) is 18.2 Å². The summed E-state index contributed by atoms with van der Waals surface area (Å²) in [7, 11) is 3.15. The van der Waals surface area contributed by atoms with E-state index in [1.54, 1.807) is 31.3 Å². The normalized spacial score (nSPS) is 16.5. The van der Waals surface area contributed by atoms with Gasteiger partial charge >= 0.3 is 0 Å². The monoisotopic (exact) mass is 354 g/mol. The molecule has 0 aliphatic carbocycles. The second-order valence-electron chi connectivity index (χ2n) is 6.30. The molecule has 1 saturated heterocycles. The van der Waals surface area contributed by atoms with E-state index < -0.39 is 5.92 Å². The molecule has 1 aliphatic heterocycles. The Labute approximate surface area is 152 Å². The van der Waals surface area contributed by atoms with Crippen LogP contribution in [0.15, 0.2) is 42.5 Å². The molecule has 1 fully saturated rings. The van der Waals surface area contributed by atoms with Crippen molar-refractivity contribution < 1.29 is 19.1 Å². The van der Waals surface area contributed by atoms with Gasteiger partial charge in [0.05, 0.1) is 25.8 Å². The van der Waals surface area contributed by atoms with Gasteiger partial charge < -0.3 is 19.7 Å². The van der Waals surface area contributed by atoms with Crippen molar-refractivity contribution >= 4 is 23.2 Å². The summed E-state index contributed by atoms with van der Waals surface area (Å²) in [5.74, 6) is 0.668. The van der Waals surface area contributed by atoms with E-state index in [9.17, 15) is 9.59 Å². The van der Waals surface area contributed by atoms with Gasteiger partial charge in [0.1, 0.15) is 11.5 Å². The van der Waals surface area contributed by atoms with Gasteiger partial charge in [0.15, 0.2) is 0 Å². The van der Waals surface area contributed by atoms with Crippen LogP contribution in [0.2, 0.25) is 0 Å². The van der Waals surface area contributed by atoms with Crippen molar-refractivity contribution in [3.63, 3.8) is 0 Å². The standard InChI is InChI=1S/C20H22N2O4/c1-13-4-9-18(26-3)17(10-13)21-20(24)14-11-19(23)22(12-14)15-5-7-16(25-2)8-6-15/h4-10,14H,11-12H2,1-3H3,(H,21,24)/t14-/m0/s1. The lowest BCUT2D eigenvalue weighted by Gasteiger charge is -2.17. The Morgan fingerprint density at radius 1 is 1.12 bits per heavy atom. The minimum atomic E-state index is -0.408. The SMILES string of the molecule is COc1ccc(N2C[C@@H](C(=O)Nc3cc(C)ccc3OC)CC2=O)cc1. The Morgan fingerprint density at radius 2 is 1.85 bits per heavy atom. The van der Waals surface area contributed by atoms with Gasteiger partial charge in [0.2, 0.25) is 11.8 Å². The molecule has 3 rings (SSSR count). The summed E-state index contributed by atoms with van der Waals surface area (Å²) in [6.07, 6.45) is 0.187. The predicted octanol–water partition coefficient (Wildman–Crippen LogP) is 3.00. The maximum Gasteiger partial charge on any atom is 0.229 e. The van der Waals surface area contributed by atoms with Crippen LogP contribution in [0.5, 0.6) is 11.5 Å². The molecular formula is C20H22N2O4. The van der Waals surface area contributed by atoms with Gasteiger partial charge in [-0.3, -0.25) is 9.59 Å². The smallest absolute Gasteiger partial charge is 0.229 e. The van der Waals surface area contributed by atoms with E-state index in [4.69, 9.17) is 9.47 Å². The van der Waals surface area contributed by atoms with E-state index >= 15 is 0 Å². The number of benzene rings is 2. The highest BCUT2D eigenvalue weighted by Crippen LogP contribution is 2.30. The minimum Gasteiger partial charge on any atom is -0.497 e. The first-order valence-corrected chi connectivity index (χ1v) is 8.41. The molecule has 0 radical (unpaired) electrons. The summed E-state index contributed by atoms with van der Waals surface area (Å²) >= 11 is 0. The molecule has 2 aromatic carbocycles. The summed E-state index contributed by atoms with van der Waals surface area (Å²) in [4.78, 5) is 26.7. The second-order valence-corrected chi connectivity index (χ2v) is 6.30. The third-order valence-electron chi connectivity index (χ3n) is 4.49. The first-order valence-electron chi connectivity index (χ1n) is 8.41. The fourth-order valence-corrected chi connectivity index (χ4v) is 3.05. The van der Waals surface area contributed by atoms with Crippen molar-refractivity contribution in [2.24, 2.45) is 5.92 Å². The average molecular weight is 354 g/mol. The number of aryl methyl sites for hydroxylation is 1. The number of carbonyl (C=O) groups excluding carboxylic acids is 2. The summed E-state index contributed by atoms with van der Waals surface area (Å²) in [5, 5.41) is 2.89. The number of nitrogens with zero attached hydrogens (tertiary/aromatic N) is 1. The molecule has 6 heteroatoms. The van der Waals surface area contributed by atoms with Crippen LogP contribution < -0.4 is 19.7 Å². The number of ether oxygens (including phenoxy) is 2. The zero-order chi connectivity index (χ0) is 18.7. The number of hydrogen-bond acceptors (Lipinski definition) is 4. The molecule has 1 N–H and O–H groups in total. The number of hydrogen-bond donors (Lipinski definition) is 1. The molecule has 0 bridgehead atoms. The maximum absolute atomic E-state index is 12.7. The van der Waals surface area contributed by atoms with Crippen LogP contribution in [0.3, 0.4) is 0 Å². The Balaban J connectivity index is 1.71.